The first-order valence-electron chi connectivity index (χ1n) is 8.60. The SMILES string of the molecule is Cc1ccc(N=Nc2ccc(NCn3c(=S)sc4ccccc43)cc2)cc1. The van der Waals surface area contributed by atoms with Crippen LogP contribution in [0, 0.1) is 10.9 Å². The highest BCUT2D eigenvalue weighted by atomic mass is 32.1. The average molecular weight is 391 g/mol. The van der Waals surface area contributed by atoms with E-state index in [-0.39, 0.29) is 0 Å². The molecule has 0 bridgehead atoms. The molecule has 0 atom stereocenters. The Bertz CT molecular complexity index is 1140. The number of hydrogen-bond donors (Lipinski definition) is 1. The molecular formula is C21H18N4S2. The molecule has 6 heteroatoms. The van der Waals surface area contributed by atoms with Crippen molar-refractivity contribution in [2.45, 2.75) is 13.6 Å². The zero-order chi connectivity index (χ0) is 18.6. The number of para-hydroxylation sites is 1. The Kier molecular flexibility index (Phi) is 5.09. The summed E-state index contributed by atoms with van der Waals surface area (Å²) < 4.78 is 4.18. The Morgan fingerprint density at radius 3 is 2.22 bits per heavy atom. The molecule has 0 saturated heterocycles. The lowest BCUT2D eigenvalue weighted by molar-refractivity contribution is 0.807. The molecule has 0 unspecified atom stereocenters. The largest absolute Gasteiger partial charge is 0.367 e. The van der Waals surface area contributed by atoms with E-state index >= 15 is 0 Å². The lowest BCUT2D eigenvalue weighted by Gasteiger charge is -2.08. The molecule has 0 radical (unpaired) electrons. The lowest BCUT2D eigenvalue weighted by atomic mass is 10.2. The zero-order valence-electron chi connectivity index (χ0n) is 14.8. The molecule has 3 aromatic carbocycles. The van der Waals surface area contributed by atoms with Crippen LogP contribution in [0.2, 0.25) is 0 Å². The van der Waals surface area contributed by atoms with E-state index in [1.165, 1.54) is 10.3 Å². The van der Waals surface area contributed by atoms with Crippen LogP contribution in [-0.2, 0) is 6.67 Å². The minimum absolute atomic E-state index is 0.632. The molecule has 0 aliphatic heterocycles. The van der Waals surface area contributed by atoms with Crippen molar-refractivity contribution in [1.82, 2.24) is 4.57 Å². The van der Waals surface area contributed by atoms with E-state index < -0.39 is 0 Å². The van der Waals surface area contributed by atoms with Crippen LogP contribution in [-0.4, -0.2) is 4.57 Å². The smallest absolute Gasteiger partial charge is 0.163 e. The number of thiazole rings is 1. The van der Waals surface area contributed by atoms with Crippen LogP contribution < -0.4 is 5.32 Å². The molecule has 0 aliphatic carbocycles. The van der Waals surface area contributed by atoms with E-state index in [1.54, 1.807) is 11.3 Å². The predicted molar refractivity (Wildman–Crippen MR) is 116 cm³/mol. The molecule has 1 heterocycles. The van der Waals surface area contributed by atoms with Gasteiger partial charge in [0.2, 0.25) is 0 Å². The van der Waals surface area contributed by atoms with Crippen LogP contribution in [0.3, 0.4) is 0 Å². The number of nitrogens with zero attached hydrogens (tertiary/aromatic N) is 3. The zero-order valence-corrected chi connectivity index (χ0v) is 16.4. The molecule has 4 nitrogen and oxygen atoms in total. The van der Waals surface area contributed by atoms with E-state index in [4.69, 9.17) is 12.2 Å². The van der Waals surface area contributed by atoms with Gasteiger partial charge in [0.25, 0.3) is 0 Å². The number of benzene rings is 3. The number of aromatic nitrogens is 1. The van der Waals surface area contributed by atoms with Gasteiger partial charge in [0, 0.05) is 5.69 Å². The second-order valence-electron chi connectivity index (χ2n) is 6.18. The van der Waals surface area contributed by atoms with Gasteiger partial charge in [0.1, 0.15) is 0 Å². The molecule has 4 aromatic rings. The highest BCUT2D eigenvalue weighted by Crippen LogP contribution is 2.24. The standard InChI is InChI=1S/C21H18N4S2/c1-15-6-8-17(9-7-15)23-24-18-12-10-16(11-13-18)22-14-25-19-4-2-3-5-20(19)27-21(25)26/h2-13,22H,14H2,1H3. The van der Waals surface area contributed by atoms with Gasteiger partial charge in [-0.3, -0.25) is 0 Å². The molecule has 0 saturated carbocycles. The van der Waals surface area contributed by atoms with Crippen molar-refractivity contribution in [3.63, 3.8) is 0 Å². The first-order valence-corrected chi connectivity index (χ1v) is 9.82. The quantitative estimate of drug-likeness (QED) is 0.288. The van der Waals surface area contributed by atoms with Gasteiger partial charge in [0.15, 0.2) is 3.95 Å². The Hall–Kier alpha value is -2.83. The number of fused-ring (bicyclic) bond motifs is 1. The van der Waals surface area contributed by atoms with Crippen LogP contribution in [0.15, 0.2) is 83.0 Å². The molecule has 4 rings (SSSR count). The van der Waals surface area contributed by atoms with Crippen LogP contribution in [0.5, 0.6) is 0 Å². The topological polar surface area (TPSA) is 41.7 Å². The fraction of sp³-hybridized carbons (Fsp3) is 0.0952. The van der Waals surface area contributed by atoms with Gasteiger partial charge >= 0.3 is 0 Å². The summed E-state index contributed by atoms with van der Waals surface area (Å²) in [4.78, 5) is 0. The highest BCUT2D eigenvalue weighted by molar-refractivity contribution is 7.73. The summed E-state index contributed by atoms with van der Waals surface area (Å²) in [6, 6.07) is 24.1. The Balaban J connectivity index is 1.44. The summed E-state index contributed by atoms with van der Waals surface area (Å²) >= 11 is 7.12. The Morgan fingerprint density at radius 2 is 1.52 bits per heavy atom. The van der Waals surface area contributed by atoms with Gasteiger partial charge < -0.3 is 9.88 Å². The maximum atomic E-state index is 5.49. The highest BCUT2D eigenvalue weighted by Gasteiger charge is 2.03. The second-order valence-corrected chi connectivity index (χ2v) is 7.86. The number of rotatable bonds is 5. The van der Waals surface area contributed by atoms with Gasteiger partial charge in [-0.1, -0.05) is 29.8 Å². The van der Waals surface area contributed by atoms with Crippen molar-refractivity contribution in [2.75, 3.05) is 5.32 Å². The third-order valence-corrected chi connectivity index (χ3v) is 5.63. The van der Waals surface area contributed by atoms with Crippen LogP contribution >= 0.6 is 23.6 Å². The molecule has 1 N–H and O–H groups in total. The summed E-state index contributed by atoms with van der Waals surface area (Å²) in [5.41, 5.74) is 5.05. The van der Waals surface area contributed by atoms with Gasteiger partial charge in [0.05, 0.1) is 28.3 Å². The minimum atomic E-state index is 0.632. The Labute approximate surface area is 166 Å². The van der Waals surface area contributed by atoms with E-state index in [1.807, 2.05) is 60.7 Å². The summed E-state index contributed by atoms with van der Waals surface area (Å²) in [6.07, 6.45) is 0. The van der Waals surface area contributed by atoms with Gasteiger partial charge in [-0.05, 0) is 67.7 Å². The Morgan fingerprint density at radius 1 is 0.889 bits per heavy atom. The molecule has 134 valence electrons. The second kappa shape index (κ2) is 7.82. The van der Waals surface area contributed by atoms with Gasteiger partial charge in [-0.2, -0.15) is 10.2 Å². The molecule has 0 aliphatic rings. The lowest BCUT2D eigenvalue weighted by Crippen LogP contribution is -2.07. The van der Waals surface area contributed by atoms with Crippen LogP contribution in [0.1, 0.15) is 5.56 Å². The molecule has 0 spiro atoms. The van der Waals surface area contributed by atoms with E-state index in [9.17, 15) is 0 Å². The summed E-state index contributed by atoms with van der Waals surface area (Å²) in [7, 11) is 0. The maximum absolute atomic E-state index is 5.49. The normalized spacial score (nSPS) is 11.3. The van der Waals surface area contributed by atoms with E-state index in [2.05, 4.69) is 39.2 Å². The first-order chi connectivity index (χ1) is 13.2. The third kappa shape index (κ3) is 4.13. The fourth-order valence-corrected chi connectivity index (χ4v) is 4.03. The molecule has 0 amide bonds. The van der Waals surface area contributed by atoms with Crippen molar-refractivity contribution in [2.24, 2.45) is 10.2 Å². The van der Waals surface area contributed by atoms with Crippen molar-refractivity contribution in [3.8, 4) is 0 Å². The van der Waals surface area contributed by atoms with Crippen molar-refractivity contribution in [1.29, 1.82) is 0 Å². The van der Waals surface area contributed by atoms with Crippen molar-refractivity contribution < 1.29 is 0 Å². The first kappa shape index (κ1) is 17.6. The number of hydrogen-bond acceptors (Lipinski definition) is 5. The van der Waals surface area contributed by atoms with Crippen LogP contribution in [0.4, 0.5) is 17.1 Å². The average Bonchev–Trinajstić information content (AvgIpc) is 3.02. The summed E-state index contributed by atoms with van der Waals surface area (Å²) in [5.74, 6) is 0. The van der Waals surface area contributed by atoms with Crippen LogP contribution in [0.25, 0.3) is 10.2 Å². The number of nitrogens with one attached hydrogen (secondary N) is 1. The molecule has 1 aromatic heterocycles. The fourth-order valence-electron chi connectivity index (χ4n) is 2.71. The van der Waals surface area contributed by atoms with E-state index in [0.29, 0.717) is 6.67 Å². The van der Waals surface area contributed by atoms with Gasteiger partial charge in [-0.15, -0.1) is 11.3 Å². The van der Waals surface area contributed by atoms with E-state index in [0.717, 1.165) is 26.5 Å². The number of anilines is 1. The number of azo groups is 1. The maximum Gasteiger partial charge on any atom is 0.163 e. The van der Waals surface area contributed by atoms with Gasteiger partial charge in [-0.25, -0.2) is 0 Å². The summed E-state index contributed by atoms with van der Waals surface area (Å²) in [5, 5.41) is 12.0. The van der Waals surface area contributed by atoms with Crippen molar-refractivity contribution >= 4 is 50.8 Å². The minimum Gasteiger partial charge on any atom is -0.367 e. The predicted octanol–water partition coefficient (Wildman–Crippen LogP) is 7.23. The van der Waals surface area contributed by atoms with Crippen molar-refractivity contribution in [3.05, 3.63) is 82.3 Å². The third-order valence-electron chi connectivity index (χ3n) is 4.20. The molecule has 0 fully saturated rings. The monoisotopic (exact) mass is 390 g/mol. The number of aryl methyl sites for hydroxylation is 1. The molecular weight excluding hydrogens is 372 g/mol. The summed E-state index contributed by atoms with van der Waals surface area (Å²) in [6.45, 7) is 2.69. The molecule has 27 heavy (non-hydrogen) atoms.